The molecule has 2 rings (SSSR count). The van der Waals surface area contributed by atoms with Crippen LogP contribution < -0.4 is 10.6 Å². The van der Waals surface area contributed by atoms with Crippen LogP contribution in [0.1, 0.15) is 56.8 Å². The van der Waals surface area contributed by atoms with Gasteiger partial charge in [-0.1, -0.05) is 36.4 Å². The molecule has 0 fully saturated rings. The van der Waals surface area contributed by atoms with Crippen LogP contribution in [0.25, 0.3) is 0 Å². The van der Waals surface area contributed by atoms with E-state index in [1.807, 2.05) is 0 Å². The Morgan fingerprint density at radius 1 is 1.02 bits per heavy atom. The first-order valence-electron chi connectivity index (χ1n) is 13.5. The van der Waals surface area contributed by atoms with E-state index in [1.54, 1.807) is 71.0 Å². The summed E-state index contributed by atoms with van der Waals surface area (Å²) in [6, 6.07) is 10.8. The summed E-state index contributed by atoms with van der Waals surface area (Å²) in [6.45, 7) is 8.07. The van der Waals surface area contributed by atoms with Crippen LogP contribution in [-0.4, -0.2) is 76.9 Å². The van der Waals surface area contributed by atoms with Crippen molar-refractivity contribution in [3.05, 3.63) is 65.2 Å². The van der Waals surface area contributed by atoms with Crippen molar-refractivity contribution in [3.63, 3.8) is 0 Å². The van der Waals surface area contributed by atoms with Gasteiger partial charge in [-0.3, -0.25) is 14.4 Å². The molecule has 11 heteroatoms. The molecule has 0 aliphatic carbocycles. The number of phenols is 1. The molecule has 0 heterocycles. The molecule has 2 atom stereocenters. The van der Waals surface area contributed by atoms with E-state index in [1.165, 1.54) is 17.0 Å². The number of carbonyl (C=O) groups excluding carboxylic acids is 4. The number of hydrogen-bond donors (Lipinski definition) is 4. The van der Waals surface area contributed by atoms with Crippen LogP contribution >= 0.6 is 0 Å². The Hall–Kier alpha value is -4.12. The first-order chi connectivity index (χ1) is 19.4. The molecule has 0 aromatic heterocycles. The number of aliphatic hydroxyl groups is 1. The topological polar surface area (TPSA) is 154 Å². The molecule has 0 aliphatic rings. The Morgan fingerprint density at radius 2 is 1.68 bits per heavy atom. The molecule has 0 saturated carbocycles. The molecular formula is C30H41N3O8. The standard InChI is InChI=1S/C30H41N3O8/c1-6-40-25(36)15-16-31-27(37)26(23-10-8-7-9-20(23)2)33(17-18-34)28(38)24(32-29(39)41-30(3,4)5)19-21-11-13-22(35)14-12-21/h7-14,24,26,34-35H,6,15-19H2,1-5H3,(H,31,37)(H,32,39). The number of alkyl carbamates (subject to hydrolysis) is 1. The van der Waals surface area contributed by atoms with Gasteiger partial charge >= 0.3 is 12.1 Å². The molecule has 3 amide bonds. The third-order valence-electron chi connectivity index (χ3n) is 5.97. The summed E-state index contributed by atoms with van der Waals surface area (Å²) in [5, 5.41) is 25.0. The molecule has 0 saturated heterocycles. The largest absolute Gasteiger partial charge is 0.508 e. The molecule has 11 nitrogen and oxygen atoms in total. The number of carbonyl (C=O) groups is 4. The predicted octanol–water partition coefficient (Wildman–Crippen LogP) is 2.77. The molecule has 41 heavy (non-hydrogen) atoms. The van der Waals surface area contributed by atoms with Crippen LogP contribution in [0.4, 0.5) is 4.79 Å². The maximum absolute atomic E-state index is 14.1. The van der Waals surface area contributed by atoms with Crippen molar-refractivity contribution in [1.29, 1.82) is 0 Å². The van der Waals surface area contributed by atoms with Crippen molar-refractivity contribution in [2.75, 3.05) is 26.3 Å². The van der Waals surface area contributed by atoms with Gasteiger partial charge in [0.2, 0.25) is 11.8 Å². The summed E-state index contributed by atoms with van der Waals surface area (Å²) >= 11 is 0. The zero-order valence-corrected chi connectivity index (χ0v) is 24.3. The number of aromatic hydroxyl groups is 1. The molecular weight excluding hydrogens is 530 g/mol. The van der Waals surface area contributed by atoms with Gasteiger partial charge in [0.05, 0.1) is 19.6 Å². The van der Waals surface area contributed by atoms with Gasteiger partial charge in [0, 0.05) is 19.5 Å². The number of nitrogens with zero attached hydrogens (tertiary/aromatic N) is 1. The molecule has 0 spiro atoms. The number of aryl methyl sites for hydroxylation is 1. The fraction of sp³-hybridized carbons (Fsp3) is 0.467. The summed E-state index contributed by atoms with van der Waals surface area (Å²) in [5.74, 6) is -1.63. The molecule has 2 aromatic rings. The van der Waals surface area contributed by atoms with Gasteiger partial charge in [0.15, 0.2) is 0 Å². The van der Waals surface area contributed by atoms with E-state index in [9.17, 15) is 29.4 Å². The zero-order chi connectivity index (χ0) is 30.6. The van der Waals surface area contributed by atoms with Crippen LogP contribution in [0.15, 0.2) is 48.5 Å². The van der Waals surface area contributed by atoms with Crippen LogP contribution in [-0.2, 0) is 30.3 Å². The lowest BCUT2D eigenvalue weighted by Gasteiger charge is -2.34. The Balaban J connectivity index is 2.47. The molecule has 2 aromatic carbocycles. The lowest BCUT2D eigenvalue weighted by Crippen LogP contribution is -2.54. The Labute approximate surface area is 240 Å². The zero-order valence-electron chi connectivity index (χ0n) is 24.3. The summed E-state index contributed by atoms with van der Waals surface area (Å²) in [7, 11) is 0. The van der Waals surface area contributed by atoms with Crippen LogP contribution in [0, 0.1) is 6.92 Å². The maximum Gasteiger partial charge on any atom is 0.408 e. The van der Waals surface area contributed by atoms with E-state index in [4.69, 9.17) is 9.47 Å². The minimum atomic E-state index is -1.18. The van der Waals surface area contributed by atoms with Crippen LogP contribution in [0.2, 0.25) is 0 Å². The van der Waals surface area contributed by atoms with Crippen LogP contribution in [0.5, 0.6) is 5.75 Å². The summed E-state index contributed by atoms with van der Waals surface area (Å²) in [4.78, 5) is 53.5. The Morgan fingerprint density at radius 3 is 2.27 bits per heavy atom. The highest BCUT2D eigenvalue weighted by Gasteiger charge is 2.36. The van der Waals surface area contributed by atoms with Gasteiger partial charge in [0.25, 0.3) is 0 Å². The van der Waals surface area contributed by atoms with Gasteiger partial charge in [0.1, 0.15) is 23.4 Å². The number of esters is 1. The van der Waals surface area contributed by atoms with E-state index < -0.39 is 48.2 Å². The number of aliphatic hydroxyl groups excluding tert-OH is 1. The molecule has 2 unspecified atom stereocenters. The summed E-state index contributed by atoms with van der Waals surface area (Å²) in [6.07, 6.45) is -0.868. The second-order valence-corrected chi connectivity index (χ2v) is 10.4. The summed E-state index contributed by atoms with van der Waals surface area (Å²) < 4.78 is 10.3. The number of hydrogen-bond acceptors (Lipinski definition) is 8. The Bertz CT molecular complexity index is 1180. The predicted molar refractivity (Wildman–Crippen MR) is 152 cm³/mol. The number of phenolic OH excluding ortho intramolecular Hbond substituents is 1. The molecule has 224 valence electrons. The van der Waals surface area contributed by atoms with Gasteiger partial charge in [-0.25, -0.2) is 4.79 Å². The van der Waals surface area contributed by atoms with Crippen LogP contribution in [0.3, 0.4) is 0 Å². The minimum absolute atomic E-state index is 0.0191. The van der Waals surface area contributed by atoms with E-state index in [-0.39, 0.29) is 38.3 Å². The minimum Gasteiger partial charge on any atom is -0.508 e. The number of rotatable bonds is 13. The Kier molecular flexibility index (Phi) is 12.6. The lowest BCUT2D eigenvalue weighted by molar-refractivity contribution is -0.144. The number of amides is 3. The van der Waals surface area contributed by atoms with Gasteiger partial charge in [-0.2, -0.15) is 0 Å². The van der Waals surface area contributed by atoms with E-state index >= 15 is 0 Å². The molecule has 4 N–H and O–H groups in total. The second-order valence-electron chi connectivity index (χ2n) is 10.4. The first-order valence-corrected chi connectivity index (χ1v) is 13.5. The lowest BCUT2D eigenvalue weighted by atomic mass is 9.97. The highest BCUT2D eigenvalue weighted by atomic mass is 16.6. The SMILES string of the molecule is CCOC(=O)CCNC(=O)C(c1ccccc1C)N(CCO)C(=O)C(Cc1ccc(O)cc1)NC(=O)OC(C)(C)C. The van der Waals surface area contributed by atoms with E-state index in [0.717, 1.165) is 5.56 Å². The van der Waals surface area contributed by atoms with Crippen molar-refractivity contribution in [3.8, 4) is 5.75 Å². The number of ether oxygens (including phenoxy) is 2. The highest BCUT2D eigenvalue weighted by Crippen LogP contribution is 2.26. The molecule has 0 bridgehead atoms. The van der Waals surface area contributed by atoms with Crippen molar-refractivity contribution < 1.29 is 38.9 Å². The average Bonchev–Trinajstić information content (AvgIpc) is 2.89. The van der Waals surface area contributed by atoms with Gasteiger partial charge in [-0.05, 0) is 63.4 Å². The van der Waals surface area contributed by atoms with Gasteiger partial charge < -0.3 is 35.2 Å². The van der Waals surface area contributed by atoms with Crippen molar-refractivity contribution >= 4 is 23.9 Å². The molecule has 0 radical (unpaired) electrons. The van der Waals surface area contributed by atoms with Crippen molar-refractivity contribution in [1.82, 2.24) is 15.5 Å². The smallest absolute Gasteiger partial charge is 0.408 e. The van der Waals surface area contributed by atoms with E-state index in [2.05, 4.69) is 10.6 Å². The highest BCUT2D eigenvalue weighted by molar-refractivity contribution is 5.92. The third-order valence-corrected chi connectivity index (χ3v) is 5.97. The van der Waals surface area contributed by atoms with Crippen molar-refractivity contribution in [2.24, 2.45) is 0 Å². The summed E-state index contributed by atoms with van der Waals surface area (Å²) in [5.41, 5.74) is 1.05. The monoisotopic (exact) mass is 571 g/mol. The van der Waals surface area contributed by atoms with E-state index in [0.29, 0.717) is 11.1 Å². The normalized spacial score (nSPS) is 12.5. The fourth-order valence-electron chi connectivity index (χ4n) is 4.15. The quantitative estimate of drug-likeness (QED) is 0.268. The first kappa shape index (κ1) is 33.1. The fourth-order valence-corrected chi connectivity index (χ4v) is 4.15. The number of benzene rings is 2. The van der Waals surface area contributed by atoms with Crippen molar-refractivity contribution in [2.45, 2.75) is 65.1 Å². The third kappa shape index (κ3) is 10.8. The number of nitrogens with one attached hydrogen (secondary N) is 2. The molecule has 0 aliphatic heterocycles. The van der Waals surface area contributed by atoms with Gasteiger partial charge in [-0.15, -0.1) is 0 Å². The average molecular weight is 572 g/mol. The maximum atomic E-state index is 14.1. The second kappa shape index (κ2) is 15.6.